The molecule has 0 spiro atoms. The Balaban J connectivity index is 2.78. The zero-order chi connectivity index (χ0) is 16.0. The fourth-order valence-corrected chi connectivity index (χ4v) is 2.21. The number of aromatic carboxylic acids is 1. The van der Waals surface area contributed by atoms with Crippen molar-refractivity contribution < 1.29 is 14.7 Å². The lowest BCUT2D eigenvalue weighted by Gasteiger charge is -2.30. The summed E-state index contributed by atoms with van der Waals surface area (Å²) in [6, 6.07) is 6.06. The first-order valence-electron chi connectivity index (χ1n) is 6.90. The number of anilines is 1. The second-order valence-electron chi connectivity index (χ2n) is 5.21. The number of likely N-dealkylation sites (N-methyl/N-ethyl adjacent to an activating group) is 2. The number of nitrogens with zero attached hydrogens (tertiary/aromatic N) is 2. The lowest BCUT2D eigenvalue weighted by molar-refractivity contribution is 0.0697. The molecule has 0 fully saturated rings. The van der Waals surface area contributed by atoms with Crippen LogP contribution >= 0.6 is 0 Å². The van der Waals surface area contributed by atoms with E-state index in [9.17, 15) is 9.59 Å². The van der Waals surface area contributed by atoms with Crippen LogP contribution in [0.25, 0.3) is 0 Å². The largest absolute Gasteiger partial charge is 0.478 e. The fraction of sp³-hybridized carbons (Fsp3) is 0.467. The van der Waals surface area contributed by atoms with Crippen LogP contribution < -0.4 is 5.32 Å². The second kappa shape index (κ2) is 7.64. The summed E-state index contributed by atoms with van der Waals surface area (Å²) in [5.41, 5.74) is 0.632. The summed E-state index contributed by atoms with van der Waals surface area (Å²) >= 11 is 0. The molecular formula is C15H23N3O3. The molecule has 2 amide bonds. The highest BCUT2D eigenvalue weighted by Crippen LogP contribution is 2.12. The Morgan fingerprint density at radius 3 is 2.52 bits per heavy atom. The minimum Gasteiger partial charge on any atom is -0.478 e. The molecule has 1 atom stereocenters. The third-order valence-corrected chi connectivity index (χ3v) is 3.12. The van der Waals surface area contributed by atoms with Crippen molar-refractivity contribution >= 4 is 17.7 Å². The van der Waals surface area contributed by atoms with Gasteiger partial charge in [0, 0.05) is 24.8 Å². The Morgan fingerprint density at radius 1 is 1.33 bits per heavy atom. The minimum absolute atomic E-state index is 0.0626. The molecule has 6 heteroatoms. The van der Waals surface area contributed by atoms with Crippen molar-refractivity contribution in [2.45, 2.75) is 19.9 Å². The van der Waals surface area contributed by atoms with Gasteiger partial charge >= 0.3 is 12.0 Å². The van der Waals surface area contributed by atoms with E-state index in [0.717, 1.165) is 6.54 Å². The van der Waals surface area contributed by atoms with Gasteiger partial charge in [0.2, 0.25) is 0 Å². The van der Waals surface area contributed by atoms with E-state index in [0.29, 0.717) is 12.2 Å². The summed E-state index contributed by atoms with van der Waals surface area (Å²) in [4.78, 5) is 27.0. The molecule has 1 unspecified atom stereocenters. The number of urea groups is 1. The molecule has 6 nitrogen and oxygen atoms in total. The molecular weight excluding hydrogens is 270 g/mol. The van der Waals surface area contributed by atoms with Gasteiger partial charge in [0.25, 0.3) is 0 Å². The van der Waals surface area contributed by atoms with Crippen LogP contribution in [0.15, 0.2) is 24.3 Å². The van der Waals surface area contributed by atoms with Crippen LogP contribution in [0.1, 0.15) is 24.2 Å². The standard InChI is InChI=1S/C15H23N3O3/c1-5-18(11(2)10-17(3)4)15(21)16-13-8-6-7-12(9-13)14(19)20/h6-9,11H,5,10H2,1-4H3,(H,16,21)(H,19,20). The van der Waals surface area contributed by atoms with Gasteiger partial charge in [-0.1, -0.05) is 6.07 Å². The smallest absolute Gasteiger partial charge is 0.335 e. The van der Waals surface area contributed by atoms with Gasteiger partial charge in [-0.05, 0) is 46.1 Å². The molecule has 1 rings (SSSR count). The maximum Gasteiger partial charge on any atom is 0.335 e. The number of hydrogen-bond acceptors (Lipinski definition) is 3. The van der Waals surface area contributed by atoms with E-state index >= 15 is 0 Å². The topological polar surface area (TPSA) is 72.9 Å². The molecule has 0 radical (unpaired) electrons. The first-order chi connectivity index (χ1) is 9.85. The highest BCUT2D eigenvalue weighted by molar-refractivity contribution is 5.93. The number of rotatable bonds is 6. The summed E-state index contributed by atoms with van der Waals surface area (Å²) in [6.45, 7) is 5.24. The van der Waals surface area contributed by atoms with Crippen molar-refractivity contribution in [1.82, 2.24) is 9.80 Å². The first-order valence-corrected chi connectivity index (χ1v) is 6.90. The SMILES string of the molecule is CCN(C(=O)Nc1cccc(C(=O)O)c1)C(C)CN(C)C. The van der Waals surface area contributed by atoms with Crippen molar-refractivity contribution in [3.8, 4) is 0 Å². The quantitative estimate of drug-likeness (QED) is 0.843. The van der Waals surface area contributed by atoms with Crippen molar-refractivity contribution in [2.75, 3.05) is 32.5 Å². The average Bonchev–Trinajstić information content (AvgIpc) is 2.38. The molecule has 0 bridgehead atoms. The molecule has 0 aliphatic heterocycles. The number of nitrogens with one attached hydrogen (secondary N) is 1. The van der Waals surface area contributed by atoms with Gasteiger partial charge < -0.3 is 20.2 Å². The van der Waals surface area contributed by atoms with E-state index in [1.807, 2.05) is 32.8 Å². The van der Waals surface area contributed by atoms with Crippen LogP contribution in [0.2, 0.25) is 0 Å². The molecule has 0 aliphatic carbocycles. The van der Waals surface area contributed by atoms with E-state index in [1.165, 1.54) is 12.1 Å². The van der Waals surface area contributed by atoms with Crippen LogP contribution in [0.4, 0.5) is 10.5 Å². The monoisotopic (exact) mass is 293 g/mol. The zero-order valence-corrected chi connectivity index (χ0v) is 13.0. The maximum atomic E-state index is 12.3. The predicted molar refractivity (Wildman–Crippen MR) is 82.8 cm³/mol. The van der Waals surface area contributed by atoms with Crippen molar-refractivity contribution in [3.63, 3.8) is 0 Å². The van der Waals surface area contributed by atoms with Crippen molar-refractivity contribution in [2.24, 2.45) is 0 Å². The van der Waals surface area contributed by atoms with E-state index < -0.39 is 5.97 Å². The number of benzene rings is 1. The molecule has 0 aliphatic rings. The minimum atomic E-state index is -1.01. The van der Waals surface area contributed by atoms with E-state index in [-0.39, 0.29) is 17.6 Å². The Labute approximate surface area is 125 Å². The summed E-state index contributed by atoms with van der Waals surface area (Å²) in [5.74, 6) is -1.01. The average molecular weight is 293 g/mol. The second-order valence-corrected chi connectivity index (χ2v) is 5.21. The van der Waals surface area contributed by atoms with Gasteiger partial charge in [-0.25, -0.2) is 9.59 Å². The highest BCUT2D eigenvalue weighted by atomic mass is 16.4. The van der Waals surface area contributed by atoms with Gasteiger partial charge in [0.15, 0.2) is 0 Å². The predicted octanol–water partition coefficient (Wildman–Crippen LogP) is 2.19. The summed E-state index contributed by atoms with van der Waals surface area (Å²) in [6.07, 6.45) is 0. The summed E-state index contributed by atoms with van der Waals surface area (Å²) in [5, 5.41) is 11.7. The number of hydrogen-bond donors (Lipinski definition) is 2. The Kier molecular flexibility index (Phi) is 6.17. The van der Waals surface area contributed by atoms with E-state index in [2.05, 4.69) is 5.32 Å². The normalized spacial score (nSPS) is 12.0. The Bertz CT molecular complexity index is 503. The van der Waals surface area contributed by atoms with E-state index in [1.54, 1.807) is 17.0 Å². The van der Waals surface area contributed by atoms with Crippen molar-refractivity contribution in [1.29, 1.82) is 0 Å². The Hall–Kier alpha value is -2.08. The number of carboxylic acids is 1. The van der Waals surface area contributed by atoms with Crippen LogP contribution in [0.3, 0.4) is 0 Å². The number of carbonyl (C=O) groups is 2. The molecule has 0 saturated carbocycles. The third-order valence-electron chi connectivity index (χ3n) is 3.12. The van der Waals surface area contributed by atoms with Gasteiger partial charge in [-0.2, -0.15) is 0 Å². The highest BCUT2D eigenvalue weighted by Gasteiger charge is 2.19. The number of carboxylic acid groups (broad SMARTS) is 1. The molecule has 1 aromatic rings. The summed E-state index contributed by atoms with van der Waals surface area (Å²) < 4.78 is 0. The fourth-order valence-electron chi connectivity index (χ4n) is 2.21. The number of amides is 2. The summed E-state index contributed by atoms with van der Waals surface area (Å²) in [7, 11) is 3.91. The first kappa shape index (κ1) is 17.0. The third kappa shape index (κ3) is 5.07. The van der Waals surface area contributed by atoms with Crippen LogP contribution in [0, 0.1) is 0 Å². The van der Waals surface area contributed by atoms with Crippen LogP contribution in [-0.2, 0) is 0 Å². The van der Waals surface area contributed by atoms with Crippen molar-refractivity contribution in [3.05, 3.63) is 29.8 Å². The molecule has 116 valence electrons. The van der Waals surface area contributed by atoms with Gasteiger partial charge in [-0.3, -0.25) is 0 Å². The molecule has 21 heavy (non-hydrogen) atoms. The van der Waals surface area contributed by atoms with Gasteiger partial charge in [-0.15, -0.1) is 0 Å². The number of carbonyl (C=O) groups excluding carboxylic acids is 1. The molecule has 0 aromatic heterocycles. The van der Waals surface area contributed by atoms with Crippen LogP contribution in [0.5, 0.6) is 0 Å². The molecule has 0 heterocycles. The van der Waals surface area contributed by atoms with Gasteiger partial charge in [0.1, 0.15) is 0 Å². The lowest BCUT2D eigenvalue weighted by atomic mass is 10.2. The zero-order valence-electron chi connectivity index (χ0n) is 13.0. The molecule has 1 aromatic carbocycles. The molecule has 0 saturated heterocycles. The van der Waals surface area contributed by atoms with Gasteiger partial charge in [0.05, 0.1) is 5.56 Å². The maximum absolute atomic E-state index is 12.3. The van der Waals surface area contributed by atoms with Crippen LogP contribution in [-0.4, -0.2) is 60.1 Å². The van der Waals surface area contributed by atoms with E-state index in [4.69, 9.17) is 5.11 Å². The lowest BCUT2D eigenvalue weighted by Crippen LogP contribution is -2.45. The Morgan fingerprint density at radius 2 is 2.00 bits per heavy atom. The molecule has 2 N–H and O–H groups in total.